The number of carbonyl (C=O) groups is 1. The number of benzene rings is 3. The maximum absolute atomic E-state index is 11.7. The van der Waals surface area contributed by atoms with Gasteiger partial charge in [0.05, 0.1) is 13.5 Å². The lowest BCUT2D eigenvalue weighted by Crippen LogP contribution is -2.07. The van der Waals surface area contributed by atoms with Gasteiger partial charge in [0.2, 0.25) is 0 Å². The quantitative estimate of drug-likeness (QED) is 0.449. The number of nitrogens with two attached hydrogens (primary N) is 1. The van der Waals surface area contributed by atoms with Gasteiger partial charge in [-0.3, -0.25) is 4.79 Å². The maximum atomic E-state index is 11.7. The fourth-order valence-electron chi connectivity index (χ4n) is 3.80. The molecule has 0 radical (unpaired) electrons. The summed E-state index contributed by atoms with van der Waals surface area (Å²) in [7, 11) is 3.43. The summed E-state index contributed by atoms with van der Waals surface area (Å²) in [6.45, 7) is 0.897. The summed E-state index contributed by atoms with van der Waals surface area (Å²) in [5.41, 5.74) is 12.2. The Kier molecular flexibility index (Phi) is 6.05. The van der Waals surface area contributed by atoms with E-state index in [0.717, 1.165) is 33.3 Å². The molecule has 5 heteroatoms. The van der Waals surface area contributed by atoms with Crippen LogP contribution in [0.5, 0.6) is 5.75 Å². The Morgan fingerprint density at radius 1 is 1.00 bits per heavy atom. The fraction of sp³-hybridized carbons (Fsp3) is 0.192. The fourth-order valence-corrected chi connectivity index (χ4v) is 3.80. The average Bonchev–Trinajstić information content (AvgIpc) is 3.18. The van der Waals surface area contributed by atoms with Crippen LogP contribution >= 0.6 is 0 Å². The lowest BCUT2D eigenvalue weighted by atomic mass is 9.97. The van der Waals surface area contributed by atoms with Crippen molar-refractivity contribution in [2.45, 2.75) is 19.6 Å². The first-order valence-electron chi connectivity index (χ1n) is 10.2. The molecule has 158 valence electrons. The second-order valence-electron chi connectivity index (χ2n) is 7.56. The number of esters is 1. The second kappa shape index (κ2) is 9.06. The zero-order chi connectivity index (χ0) is 21.8. The molecule has 0 amide bonds. The van der Waals surface area contributed by atoms with Crippen molar-refractivity contribution >= 4 is 16.9 Å². The summed E-state index contributed by atoms with van der Waals surface area (Å²) in [4.78, 5) is 11.7. The van der Waals surface area contributed by atoms with Gasteiger partial charge in [-0.05, 0) is 52.6 Å². The minimum absolute atomic E-state index is 0.181. The number of methoxy groups -OCH3 is 1. The molecule has 0 aliphatic heterocycles. The van der Waals surface area contributed by atoms with Crippen molar-refractivity contribution in [2.75, 3.05) is 7.11 Å². The van der Waals surface area contributed by atoms with E-state index >= 15 is 0 Å². The lowest BCUT2D eigenvalue weighted by Gasteiger charge is -2.13. The highest BCUT2D eigenvalue weighted by molar-refractivity contribution is 5.96. The molecule has 0 bridgehead atoms. The molecule has 0 spiro atoms. The lowest BCUT2D eigenvalue weighted by molar-refractivity contribution is -0.139. The Morgan fingerprint density at radius 2 is 1.84 bits per heavy atom. The monoisotopic (exact) mass is 414 g/mol. The Balaban J connectivity index is 1.68. The van der Waals surface area contributed by atoms with Crippen LogP contribution in [-0.2, 0) is 36.2 Å². The van der Waals surface area contributed by atoms with Crippen LogP contribution in [0.1, 0.15) is 16.7 Å². The zero-order valence-corrected chi connectivity index (χ0v) is 17.8. The number of carbonyl (C=O) groups excluding carboxylic acids is 1. The number of aryl methyl sites for hydroxylation is 1. The van der Waals surface area contributed by atoms with Crippen molar-refractivity contribution in [1.29, 1.82) is 0 Å². The third kappa shape index (κ3) is 4.47. The number of rotatable bonds is 7. The van der Waals surface area contributed by atoms with E-state index in [1.807, 2.05) is 43.4 Å². The molecule has 0 saturated heterocycles. The minimum Gasteiger partial charge on any atom is -0.489 e. The minimum atomic E-state index is -0.289. The third-order valence-electron chi connectivity index (χ3n) is 5.47. The molecular formula is C26H26N2O3. The first-order chi connectivity index (χ1) is 15.1. The number of nitrogens with zero attached hydrogens (tertiary/aromatic N) is 1. The van der Waals surface area contributed by atoms with Crippen LogP contribution in [0.2, 0.25) is 0 Å². The summed E-state index contributed by atoms with van der Waals surface area (Å²) in [6, 6.07) is 22.3. The van der Waals surface area contributed by atoms with E-state index in [-0.39, 0.29) is 12.4 Å². The number of fused-ring (bicyclic) bond motifs is 1. The van der Waals surface area contributed by atoms with Crippen molar-refractivity contribution in [3.63, 3.8) is 0 Å². The van der Waals surface area contributed by atoms with Gasteiger partial charge in [-0.15, -0.1) is 0 Å². The molecule has 0 fully saturated rings. The molecule has 4 aromatic rings. The molecule has 0 atom stereocenters. The molecule has 0 unspecified atom stereocenters. The Morgan fingerprint density at radius 3 is 2.65 bits per heavy atom. The van der Waals surface area contributed by atoms with Crippen molar-refractivity contribution < 1.29 is 14.3 Å². The summed E-state index contributed by atoms with van der Waals surface area (Å²) < 4.78 is 13.0. The predicted molar refractivity (Wildman–Crippen MR) is 123 cm³/mol. The Labute approximate surface area is 182 Å². The number of ether oxygens (including phenoxy) is 2. The normalized spacial score (nSPS) is 10.9. The predicted octanol–water partition coefficient (Wildman–Crippen LogP) is 4.60. The second-order valence-corrected chi connectivity index (χ2v) is 7.56. The molecule has 3 aromatic carbocycles. The topological polar surface area (TPSA) is 66.5 Å². The summed E-state index contributed by atoms with van der Waals surface area (Å²) >= 11 is 0. The smallest absolute Gasteiger partial charge is 0.310 e. The number of hydrogen-bond donors (Lipinski definition) is 1. The van der Waals surface area contributed by atoms with E-state index in [1.165, 1.54) is 12.5 Å². The first-order valence-corrected chi connectivity index (χ1v) is 10.2. The molecule has 5 nitrogen and oxygen atoms in total. The summed E-state index contributed by atoms with van der Waals surface area (Å²) in [6.07, 6.45) is 2.25. The van der Waals surface area contributed by atoms with Crippen LogP contribution in [0, 0.1) is 0 Å². The van der Waals surface area contributed by atoms with E-state index in [4.69, 9.17) is 15.2 Å². The van der Waals surface area contributed by atoms with E-state index < -0.39 is 0 Å². The van der Waals surface area contributed by atoms with Gasteiger partial charge in [-0.2, -0.15) is 0 Å². The van der Waals surface area contributed by atoms with Crippen molar-refractivity contribution in [1.82, 2.24) is 4.57 Å². The van der Waals surface area contributed by atoms with Crippen molar-refractivity contribution in [3.8, 4) is 16.9 Å². The van der Waals surface area contributed by atoms with Crippen molar-refractivity contribution in [2.24, 2.45) is 12.8 Å². The third-order valence-corrected chi connectivity index (χ3v) is 5.47. The van der Waals surface area contributed by atoms with Crippen LogP contribution in [0.4, 0.5) is 0 Å². The van der Waals surface area contributed by atoms with Gasteiger partial charge < -0.3 is 19.8 Å². The summed E-state index contributed by atoms with van der Waals surface area (Å²) in [5.74, 6) is 0.398. The van der Waals surface area contributed by atoms with Crippen LogP contribution in [0.3, 0.4) is 0 Å². The zero-order valence-electron chi connectivity index (χ0n) is 17.8. The van der Waals surface area contributed by atoms with Gasteiger partial charge in [-0.25, -0.2) is 0 Å². The van der Waals surface area contributed by atoms with Crippen LogP contribution in [0.25, 0.3) is 22.0 Å². The molecule has 0 saturated carbocycles. The molecule has 4 rings (SSSR count). The van der Waals surface area contributed by atoms with E-state index in [2.05, 4.69) is 41.1 Å². The van der Waals surface area contributed by atoms with Crippen LogP contribution in [0.15, 0.2) is 72.9 Å². The molecule has 1 aromatic heterocycles. The molecule has 0 aliphatic carbocycles. The van der Waals surface area contributed by atoms with Gasteiger partial charge in [0.15, 0.2) is 0 Å². The molecule has 2 N–H and O–H groups in total. The standard InChI is InChI=1S/C26H26N2O3/c1-28-11-10-22-23(20-8-5-6-18(12-20)16-27)13-19(14-24(22)28)17-31-25-9-4-3-7-21(25)15-26(29)30-2/h3-14H,15-17,27H2,1-2H3. The van der Waals surface area contributed by atoms with Gasteiger partial charge in [0.25, 0.3) is 0 Å². The van der Waals surface area contributed by atoms with E-state index in [0.29, 0.717) is 18.9 Å². The highest BCUT2D eigenvalue weighted by Gasteiger charge is 2.12. The van der Waals surface area contributed by atoms with Gasteiger partial charge in [-0.1, -0.05) is 36.4 Å². The number of aromatic nitrogens is 1. The van der Waals surface area contributed by atoms with E-state index in [1.54, 1.807) is 0 Å². The molecule has 31 heavy (non-hydrogen) atoms. The van der Waals surface area contributed by atoms with Gasteiger partial charge in [0, 0.05) is 36.3 Å². The van der Waals surface area contributed by atoms with Crippen LogP contribution in [-0.4, -0.2) is 17.6 Å². The molecule has 1 heterocycles. The molecular weight excluding hydrogens is 388 g/mol. The SMILES string of the molecule is COC(=O)Cc1ccccc1OCc1cc(-c2cccc(CN)c2)c2ccn(C)c2c1. The average molecular weight is 415 g/mol. The van der Waals surface area contributed by atoms with Crippen molar-refractivity contribution in [3.05, 3.63) is 89.6 Å². The first kappa shape index (κ1) is 20.7. The molecule has 0 aliphatic rings. The van der Waals surface area contributed by atoms with Gasteiger partial charge in [0.1, 0.15) is 12.4 Å². The number of hydrogen-bond acceptors (Lipinski definition) is 4. The summed E-state index contributed by atoms with van der Waals surface area (Å²) in [5, 5.41) is 1.19. The highest BCUT2D eigenvalue weighted by Crippen LogP contribution is 2.32. The Bertz CT molecular complexity index is 1230. The maximum Gasteiger partial charge on any atom is 0.310 e. The number of para-hydroxylation sites is 1. The van der Waals surface area contributed by atoms with E-state index in [9.17, 15) is 4.79 Å². The van der Waals surface area contributed by atoms with Crippen LogP contribution < -0.4 is 10.5 Å². The largest absolute Gasteiger partial charge is 0.489 e. The van der Waals surface area contributed by atoms with Gasteiger partial charge >= 0.3 is 5.97 Å². The highest BCUT2D eigenvalue weighted by atomic mass is 16.5. The Hall–Kier alpha value is -3.57.